The maximum absolute atomic E-state index is 9.81. The molecule has 39 heavy (non-hydrogen) atoms. The first-order chi connectivity index (χ1) is 19.0. The first kappa shape index (κ1) is 31.0. The molecule has 4 aliphatic rings. The van der Waals surface area contributed by atoms with Gasteiger partial charge in [-0.15, -0.1) is 0 Å². The predicted octanol–water partition coefficient (Wildman–Crippen LogP) is 9.01. The van der Waals surface area contributed by atoms with Gasteiger partial charge in [-0.05, 0) is 131 Å². The standard InChI is InChI=1S/C36H60O3/c1-4-5-6-7-28-12-15-35-23-34(21-20-33(35)22-28)32-18-16-31(17-19-32)30-13-10-27(11-14-30)8-9-29(24-37)25-39-36(38)26(2)3/h12,15,22,27,29-38H,2,4-11,13-14,16-21,23-25H2,1,3H3. The normalized spacial score (nSPS) is 34.7. The summed E-state index contributed by atoms with van der Waals surface area (Å²) in [4.78, 5) is 0. The van der Waals surface area contributed by atoms with Gasteiger partial charge in [-0.25, -0.2) is 0 Å². The Morgan fingerprint density at radius 1 is 0.923 bits per heavy atom. The summed E-state index contributed by atoms with van der Waals surface area (Å²) >= 11 is 0. The molecular formula is C36H60O3. The van der Waals surface area contributed by atoms with Gasteiger partial charge in [-0.2, -0.15) is 0 Å². The number of unbranched alkanes of at least 4 members (excludes halogenated alkanes) is 2. The van der Waals surface area contributed by atoms with Gasteiger partial charge in [0.25, 0.3) is 0 Å². The third kappa shape index (κ3) is 9.30. The van der Waals surface area contributed by atoms with Crippen molar-refractivity contribution < 1.29 is 14.9 Å². The Bertz CT molecular complexity index is 783. The lowest BCUT2D eigenvalue weighted by Crippen LogP contribution is -2.32. The van der Waals surface area contributed by atoms with Crippen molar-refractivity contribution in [3.63, 3.8) is 0 Å². The molecule has 0 bridgehead atoms. The lowest BCUT2D eigenvalue weighted by Gasteiger charge is -2.43. The predicted molar refractivity (Wildman–Crippen MR) is 163 cm³/mol. The monoisotopic (exact) mass is 540 g/mol. The van der Waals surface area contributed by atoms with Crippen LogP contribution in [0.5, 0.6) is 0 Å². The summed E-state index contributed by atoms with van der Waals surface area (Å²) in [5.74, 6) is 6.47. The molecule has 0 spiro atoms. The van der Waals surface area contributed by atoms with Crippen LogP contribution in [0.2, 0.25) is 0 Å². The highest BCUT2D eigenvalue weighted by Gasteiger charge is 2.37. The van der Waals surface area contributed by atoms with E-state index in [9.17, 15) is 10.2 Å². The number of aliphatic hydroxyl groups excluding tert-OH is 2. The van der Waals surface area contributed by atoms with Crippen molar-refractivity contribution >= 4 is 0 Å². The molecule has 0 aromatic heterocycles. The van der Waals surface area contributed by atoms with Crippen LogP contribution in [0.15, 0.2) is 36.0 Å². The second-order valence-corrected chi connectivity index (χ2v) is 14.1. The fourth-order valence-corrected chi connectivity index (χ4v) is 8.55. The Labute approximate surface area is 240 Å². The van der Waals surface area contributed by atoms with Gasteiger partial charge in [0, 0.05) is 12.5 Å². The van der Waals surface area contributed by atoms with Gasteiger partial charge in [-0.3, -0.25) is 0 Å². The van der Waals surface area contributed by atoms with Crippen molar-refractivity contribution in [1.82, 2.24) is 0 Å². The van der Waals surface area contributed by atoms with Crippen LogP contribution in [0.1, 0.15) is 123 Å². The number of rotatable bonds is 14. The number of hydrogen-bond acceptors (Lipinski definition) is 3. The summed E-state index contributed by atoms with van der Waals surface area (Å²) in [7, 11) is 0. The fourth-order valence-electron chi connectivity index (χ4n) is 8.55. The van der Waals surface area contributed by atoms with Crippen LogP contribution in [-0.4, -0.2) is 29.7 Å². The molecule has 222 valence electrons. The van der Waals surface area contributed by atoms with E-state index in [2.05, 4.69) is 31.7 Å². The minimum absolute atomic E-state index is 0.120. The molecular weight excluding hydrogens is 480 g/mol. The second kappa shape index (κ2) is 15.9. The lowest BCUT2D eigenvalue weighted by molar-refractivity contribution is -0.0893. The lowest BCUT2D eigenvalue weighted by atomic mass is 9.62. The van der Waals surface area contributed by atoms with E-state index in [1.165, 1.54) is 103 Å². The molecule has 3 heteroatoms. The van der Waals surface area contributed by atoms with Gasteiger partial charge >= 0.3 is 0 Å². The molecule has 5 atom stereocenters. The molecule has 0 radical (unpaired) electrons. The van der Waals surface area contributed by atoms with E-state index >= 15 is 0 Å². The number of aliphatic hydroxyl groups is 2. The van der Waals surface area contributed by atoms with Gasteiger partial charge < -0.3 is 14.9 Å². The average molecular weight is 541 g/mol. The molecule has 0 heterocycles. The van der Waals surface area contributed by atoms with Gasteiger partial charge in [-0.1, -0.05) is 69.4 Å². The largest absolute Gasteiger partial charge is 0.396 e. The van der Waals surface area contributed by atoms with E-state index < -0.39 is 6.29 Å². The SMILES string of the molecule is C=C(C)C(O)OCC(CO)CCC1CCC(C2CCC(C3CCC4C=C(CCCCC)C=CC4C3)CC2)CC1. The van der Waals surface area contributed by atoms with Crippen LogP contribution in [0, 0.1) is 47.3 Å². The van der Waals surface area contributed by atoms with Crippen LogP contribution in [0.25, 0.3) is 0 Å². The first-order valence-electron chi connectivity index (χ1n) is 16.9. The van der Waals surface area contributed by atoms with Crippen molar-refractivity contribution in [2.45, 2.75) is 129 Å². The third-order valence-electron chi connectivity index (χ3n) is 11.2. The summed E-state index contributed by atoms with van der Waals surface area (Å²) in [5.41, 5.74) is 2.25. The van der Waals surface area contributed by atoms with Crippen molar-refractivity contribution in [1.29, 1.82) is 0 Å². The highest BCUT2D eigenvalue weighted by Crippen LogP contribution is 2.48. The molecule has 0 aromatic carbocycles. The molecule has 2 N–H and O–H groups in total. The maximum atomic E-state index is 9.81. The molecule has 3 saturated carbocycles. The zero-order chi connectivity index (χ0) is 27.6. The minimum atomic E-state index is -0.908. The smallest absolute Gasteiger partial charge is 0.176 e. The zero-order valence-corrected chi connectivity index (χ0v) is 25.4. The van der Waals surface area contributed by atoms with Crippen LogP contribution in [0.4, 0.5) is 0 Å². The molecule has 5 unspecified atom stereocenters. The van der Waals surface area contributed by atoms with Crippen LogP contribution in [-0.2, 0) is 4.74 Å². The van der Waals surface area contributed by atoms with Gasteiger partial charge in [0.05, 0.1) is 6.61 Å². The Morgan fingerprint density at radius 3 is 2.21 bits per heavy atom. The molecule has 0 amide bonds. The van der Waals surface area contributed by atoms with Crippen molar-refractivity contribution in [3.05, 3.63) is 36.0 Å². The van der Waals surface area contributed by atoms with E-state index in [0.29, 0.717) is 12.2 Å². The number of hydrogen-bond donors (Lipinski definition) is 2. The summed E-state index contributed by atoms with van der Waals surface area (Å²) in [6, 6.07) is 0. The summed E-state index contributed by atoms with van der Waals surface area (Å²) in [6.07, 6.45) is 30.2. The topological polar surface area (TPSA) is 49.7 Å². The van der Waals surface area contributed by atoms with Crippen LogP contribution < -0.4 is 0 Å². The van der Waals surface area contributed by atoms with Crippen LogP contribution in [0.3, 0.4) is 0 Å². The Morgan fingerprint density at radius 2 is 1.56 bits per heavy atom. The highest BCUT2D eigenvalue weighted by atomic mass is 16.6. The molecule has 0 saturated heterocycles. The Hall–Kier alpha value is -0.900. The highest BCUT2D eigenvalue weighted by molar-refractivity contribution is 5.26. The van der Waals surface area contributed by atoms with Gasteiger partial charge in [0.15, 0.2) is 6.29 Å². The molecule has 0 aliphatic heterocycles. The average Bonchev–Trinajstić information content (AvgIpc) is 2.97. The molecule has 4 aliphatic carbocycles. The van der Waals surface area contributed by atoms with E-state index in [-0.39, 0.29) is 12.5 Å². The third-order valence-corrected chi connectivity index (χ3v) is 11.2. The van der Waals surface area contributed by atoms with Crippen molar-refractivity contribution in [2.75, 3.05) is 13.2 Å². The van der Waals surface area contributed by atoms with Gasteiger partial charge in [0.2, 0.25) is 0 Å². The maximum Gasteiger partial charge on any atom is 0.176 e. The Kier molecular flexibility index (Phi) is 12.7. The summed E-state index contributed by atoms with van der Waals surface area (Å²) in [6.45, 7) is 8.36. The quantitative estimate of drug-likeness (QED) is 0.131. The minimum Gasteiger partial charge on any atom is -0.396 e. The fraction of sp³-hybridized carbons (Fsp3) is 0.833. The van der Waals surface area contributed by atoms with E-state index in [4.69, 9.17) is 4.74 Å². The van der Waals surface area contributed by atoms with E-state index in [1.54, 1.807) is 12.5 Å². The molecule has 0 aromatic rings. The number of ether oxygens (including phenoxy) is 1. The van der Waals surface area contributed by atoms with Crippen LogP contribution >= 0.6 is 0 Å². The Balaban J connectivity index is 1.11. The van der Waals surface area contributed by atoms with E-state index in [1.807, 2.05) is 0 Å². The second-order valence-electron chi connectivity index (χ2n) is 14.1. The molecule has 3 fully saturated rings. The van der Waals surface area contributed by atoms with Gasteiger partial charge in [0.1, 0.15) is 0 Å². The summed E-state index contributed by atoms with van der Waals surface area (Å²) in [5, 5.41) is 19.6. The first-order valence-corrected chi connectivity index (χ1v) is 16.9. The number of allylic oxidation sites excluding steroid dienone is 4. The zero-order valence-electron chi connectivity index (χ0n) is 25.4. The number of fused-ring (bicyclic) bond motifs is 1. The van der Waals surface area contributed by atoms with Crippen molar-refractivity contribution in [2.24, 2.45) is 47.3 Å². The molecule has 3 nitrogen and oxygen atoms in total. The van der Waals surface area contributed by atoms with E-state index in [0.717, 1.165) is 47.8 Å². The van der Waals surface area contributed by atoms with Crippen molar-refractivity contribution in [3.8, 4) is 0 Å². The summed E-state index contributed by atoms with van der Waals surface area (Å²) < 4.78 is 5.48. The molecule has 4 rings (SSSR count).